The predicted molar refractivity (Wildman–Crippen MR) is 129 cm³/mol. The van der Waals surface area contributed by atoms with Crippen LogP contribution in [0.3, 0.4) is 0 Å². The van der Waals surface area contributed by atoms with Crippen molar-refractivity contribution >= 4 is 11.9 Å². The van der Waals surface area contributed by atoms with E-state index in [1.807, 2.05) is 62.4 Å². The van der Waals surface area contributed by atoms with Gasteiger partial charge in [0.05, 0.1) is 24.3 Å². The number of esters is 2. The Kier molecular flexibility index (Phi) is 12.2. The minimum absolute atomic E-state index is 0.227. The molecule has 4 heteroatoms. The fourth-order valence-electron chi connectivity index (χ4n) is 3.49. The first-order valence-corrected chi connectivity index (χ1v) is 12.0. The molecule has 0 unspecified atom stereocenters. The Bertz CT molecular complexity index is 724. The minimum Gasteiger partial charge on any atom is -0.462 e. The van der Waals surface area contributed by atoms with Crippen LogP contribution in [0.25, 0.3) is 0 Å². The van der Waals surface area contributed by atoms with E-state index in [2.05, 4.69) is 0 Å². The van der Waals surface area contributed by atoms with Crippen molar-refractivity contribution in [3.63, 3.8) is 0 Å². The highest BCUT2D eigenvalue weighted by Gasteiger charge is 2.06. The van der Waals surface area contributed by atoms with Gasteiger partial charge in [-0.05, 0) is 51.0 Å². The van der Waals surface area contributed by atoms with E-state index in [1.165, 1.54) is 38.5 Å². The van der Waals surface area contributed by atoms with Crippen LogP contribution in [-0.2, 0) is 9.47 Å². The van der Waals surface area contributed by atoms with Crippen LogP contribution in [-0.4, -0.2) is 25.2 Å². The molecule has 0 N–H and O–H groups in total. The van der Waals surface area contributed by atoms with Crippen molar-refractivity contribution in [3.05, 3.63) is 70.8 Å². The molecule has 0 saturated carbocycles. The smallest absolute Gasteiger partial charge is 0.338 e. The van der Waals surface area contributed by atoms with Gasteiger partial charge >= 0.3 is 11.9 Å². The molecule has 0 heterocycles. The molecular formula is C28H38O4. The highest BCUT2D eigenvalue weighted by Crippen LogP contribution is 2.12. The number of hydrogen-bond donors (Lipinski definition) is 0. The van der Waals surface area contributed by atoms with Crippen LogP contribution in [0.5, 0.6) is 0 Å². The van der Waals surface area contributed by atoms with Gasteiger partial charge in [0.25, 0.3) is 0 Å². The lowest BCUT2D eigenvalue weighted by Crippen LogP contribution is -2.06. The van der Waals surface area contributed by atoms with Gasteiger partial charge in [-0.3, -0.25) is 0 Å². The highest BCUT2D eigenvalue weighted by molar-refractivity contribution is 5.89. The fraction of sp³-hybridized carbons (Fsp3) is 0.500. The lowest BCUT2D eigenvalue weighted by molar-refractivity contribution is 0.0488. The number of carbonyl (C=O) groups is 2. The number of rotatable bonds is 15. The Morgan fingerprint density at radius 1 is 0.500 bits per heavy atom. The van der Waals surface area contributed by atoms with Crippen molar-refractivity contribution in [2.75, 3.05) is 13.2 Å². The van der Waals surface area contributed by atoms with Crippen LogP contribution in [0.2, 0.25) is 0 Å². The molecule has 0 radical (unpaired) electrons. The third-order valence-electron chi connectivity index (χ3n) is 5.58. The van der Waals surface area contributed by atoms with Gasteiger partial charge in [-0.15, -0.1) is 0 Å². The van der Waals surface area contributed by atoms with Crippen LogP contribution in [0, 0.1) is 13.8 Å². The van der Waals surface area contributed by atoms with Crippen LogP contribution in [0.15, 0.2) is 48.5 Å². The average Bonchev–Trinajstić information content (AvgIpc) is 2.80. The molecule has 0 atom stereocenters. The molecule has 32 heavy (non-hydrogen) atoms. The summed E-state index contributed by atoms with van der Waals surface area (Å²) in [6.07, 6.45) is 11.4. The summed E-state index contributed by atoms with van der Waals surface area (Å²) in [5.41, 5.74) is 3.53. The zero-order valence-corrected chi connectivity index (χ0v) is 19.7. The summed E-state index contributed by atoms with van der Waals surface area (Å²) in [5.74, 6) is -0.454. The second kappa shape index (κ2) is 15.2. The van der Waals surface area contributed by atoms with Gasteiger partial charge in [0.15, 0.2) is 0 Å². The third kappa shape index (κ3) is 10.6. The number of unbranched alkanes of at least 4 members (excludes halogenated alkanes) is 9. The largest absolute Gasteiger partial charge is 0.462 e. The van der Waals surface area contributed by atoms with Gasteiger partial charge in [-0.2, -0.15) is 0 Å². The molecule has 0 spiro atoms. The highest BCUT2D eigenvalue weighted by atomic mass is 16.5. The van der Waals surface area contributed by atoms with Gasteiger partial charge in [0.1, 0.15) is 0 Å². The molecule has 0 bridgehead atoms. The van der Waals surface area contributed by atoms with E-state index in [4.69, 9.17) is 9.47 Å². The molecule has 2 rings (SSSR count). The van der Waals surface area contributed by atoms with Gasteiger partial charge in [-0.1, -0.05) is 86.8 Å². The van der Waals surface area contributed by atoms with E-state index in [-0.39, 0.29) is 11.9 Å². The molecule has 2 aromatic carbocycles. The van der Waals surface area contributed by atoms with Crippen LogP contribution in [0.1, 0.15) is 96.1 Å². The first-order chi connectivity index (χ1) is 15.6. The predicted octanol–water partition coefficient (Wildman–Crippen LogP) is 7.22. The lowest BCUT2D eigenvalue weighted by Gasteiger charge is -2.06. The summed E-state index contributed by atoms with van der Waals surface area (Å²) >= 11 is 0. The summed E-state index contributed by atoms with van der Waals surface area (Å²) < 4.78 is 10.7. The van der Waals surface area contributed by atoms with E-state index in [9.17, 15) is 9.59 Å². The van der Waals surface area contributed by atoms with Gasteiger partial charge in [0, 0.05) is 0 Å². The lowest BCUT2D eigenvalue weighted by atomic mass is 10.1. The van der Waals surface area contributed by atoms with Crippen LogP contribution >= 0.6 is 0 Å². The van der Waals surface area contributed by atoms with Crippen LogP contribution < -0.4 is 0 Å². The zero-order valence-electron chi connectivity index (χ0n) is 19.7. The van der Waals surface area contributed by atoms with Crippen LogP contribution in [0.4, 0.5) is 0 Å². The van der Waals surface area contributed by atoms with Crippen molar-refractivity contribution in [1.82, 2.24) is 0 Å². The second-order valence-corrected chi connectivity index (χ2v) is 8.54. The maximum atomic E-state index is 11.9. The summed E-state index contributed by atoms with van der Waals surface area (Å²) in [6, 6.07) is 15.0. The van der Waals surface area contributed by atoms with Crippen molar-refractivity contribution in [2.45, 2.75) is 78.1 Å². The number of benzene rings is 2. The van der Waals surface area contributed by atoms with Gasteiger partial charge in [-0.25, -0.2) is 9.59 Å². The van der Waals surface area contributed by atoms with Gasteiger partial charge < -0.3 is 9.47 Å². The molecule has 174 valence electrons. The van der Waals surface area contributed by atoms with E-state index in [0.29, 0.717) is 24.3 Å². The molecule has 0 aliphatic rings. The Morgan fingerprint density at radius 3 is 1.09 bits per heavy atom. The fourth-order valence-corrected chi connectivity index (χ4v) is 3.49. The van der Waals surface area contributed by atoms with Crippen molar-refractivity contribution in [1.29, 1.82) is 0 Å². The normalized spacial score (nSPS) is 10.7. The molecule has 0 aliphatic carbocycles. The first-order valence-electron chi connectivity index (χ1n) is 12.0. The second-order valence-electron chi connectivity index (χ2n) is 8.54. The Labute approximate surface area is 193 Å². The topological polar surface area (TPSA) is 52.6 Å². The van der Waals surface area contributed by atoms with E-state index < -0.39 is 0 Å². The van der Waals surface area contributed by atoms with Crippen molar-refractivity contribution in [2.24, 2.45) is 0 Å². The van der Waals surface area contributed by atoms with E-state index in [1.54, 1.807) is 0 Å². The average molecular weight is 439 g/mol. The maximum absolute atomic E-state index is 11.9. The number of ether oxygens (including phenoxy) is 2. The summed E-state index contributed by atoms with van der Waals surface area (Å²) in [6.45, 7) is 5.01. The molecule has 0 aliphatic heterocycles. The Balaban J connectivity index is 1.34. The monoisotopic (exact) mass is 438 g/mol. The number of aryl methyl sites for hydroxylation is 2. The molecule has 4 nitrogen and oxygen atoms in total. The number of carbonyl (C=O) groups excluding carboxylic acids is 2. The van der Waals surface area contributed by atoms with E-state index in [0.717, 1.165) is 36.8 Å². The minimum atomic E-state index is -0.227. The zero-order chi connectivity index (χ0) is 23.0. The summed E-state index contributed by atoms with van der Waals surface area (Å²) in [5, 5.41) is 0. The van der Waals surface area contributed by atoms with Gasteiger partial charge in [0.2, 0.25) is 0 Å². The van der Waals surface area contributed by atoms with Crippen molar-refractivity contribution in [3.8, 4) is 0 Å². The molecular weight excluding hydrogens is 400 g/mol. The maximum Gasteiger partial charge on any atom is 0.338 e. The standard InChI is InChI=1S/C28H38O4/c1-23-13-17-25(18-14-23)27(29)31-21-11-9-7-5-3-4-6-8-10-12-22-32-28(30)26-19-15-24(2)16-20-26/h13-20H,3-12,21-22H2,1-2H3. The Hall–Kier alpha value is -2.62. The Morgan fingerprint density at radius 2 is 0.781 bits per heavy atom. The molecule has 2 aromatic rings. The summed E-state index contributed by atoms with van der Waals surface area (Å²) in [7, 11) is 0. The SMILES string of the molecule is Cc1ccc(C(=O)OCCCCCCCCCCCCOC(=O)c2ccc(C)cc2)cc1. The molecule has 0 saturated heterocycles. The summed E-state index contributed by atoms with van der Waals surface area (Å²) in [4.78, 5) is 23.8. The van der Waals surface area contributed by atoms with E-state index >= 15 is 0 Å². The first kappa shape index (κ1) is 25.6. The number of hydrogen-bond acceptors (Lipinski definition) is 4. The molecule has 0 aromatic heterocycles. The molecule has 0 fully saturated rings. The van der Waals surface area contributed by atoms with Crippen molar-refractivity contribution < 1.29 is 19.1 Å². The molecule has 0 amide bonds. The third-order valence-corrected chi connectivity index (χ3v) is 5.58. The quantitative estimate of drug-likeness (QED) is 0.218.